The van der Waals surface area contributed by atoms with Gasteiger partial charge in [0.25, 0.3) is 11.8 Å². The zero-order valence-electron chi connectivity index (χ0n) is 12.3. The second kappa shape index (κ2) is 6.37. The molecule has 0 fully saturated rings. The molecule has 0 unspecified atom stereocenters. The second-order valence-electron chi connectivity index (χ2n) is 5.24. The third kappa shape index (κ3) is 3.19. The number of amides is 2. The summed E-state index contributed by atoms with van der Waals surface area (Å²) in [4.78, 5) is 25.8. The lowest BCUT2D eigenvalue weighted by molar-refractivity contribution is -0.399. The number of benzene rings is 2. The Hall–Kier alpha value is -2.42. The number of fused-ring (bicyclic) bond motifs is 1. The Bertz CT molecular complexity index is 799. The van der Waals surface area contributed by atoms with Crippen LogP contribution in [0.4, 0.5) is 0 Å². The molecule has 2 aromatic rings. The first-order valence-corrected chi connectivity index (χ1v) is 7.91. The van der Waals surface area contributed by atoms with Gasteiger partial charge in [0.2, 0.25) is 0 Å². The highest BCUT2D eigenvalue weighted by atomic mass is 79.9. The van der Waals surface area contributed by atoms with Crippen molar-refractivity contribution in [3.05, 3.63) is 69.7 Å². The molecule has 1 heterocycles. The van der Waals surface area contributed by atoms with Crippen molar-refractivity contribution in [2.45, 2.75) is 6.04 Å². The van der Waals surface area contributed by atoms with Crippen LogP contribution in [-0.2, 0) is 0 Å². The first-order valence-electron chi connectivity index (χ1n) is 7.11. The summed E-state index contributed by atoms with van der Waals surface area (Å²) in [5.41, 5.74) is 5.70. The summed E-state index contributed by atoms with van der Waals surface area (Å²) in [6, 6.07) is 14.1. The molecular weight excluding hydrogens is 356 g/mol. The van der Waals surface area contributed by atoms with Crippen LogP contribution in [0.2, 0.25) is 0 Å². The smallest absolute Gasteiger partial charge is 0.261 e. The van der Waals surface area contributed by atoms with Crippen molar-refractivity contribution in [1.82, 2.24) is 4.90 Å². The van der Waals surface area contributed by atoms with Crippen LogP contribution >= 0.6 is 15.9 Å². The fourth-order valence-corrected chi connectivity index (χ4v) is 2.65. The molecule has 1 aliphatic heterocycles. The second-order valence-corrected chi connectivity index (χ2v) is 6.16. The van der Waals surface area contributed by atoms with Crippen LogP contribution in [0.1, 0.15) is 26.3 Å². The van der Waals surface area contributed by atoms with E-state index in [0.29, 0.717) is 11.1 Å². The van der Waals surface area contributed by atoms with Gasteiger partial charge < -0.3 is 5.73 Å². The highest BCUT2D eigenvalue weighted by Crippen LogP contribution is 2.22. The number of quaternary nitrogens is 1. The molecule has 5 heteroatoms. The van der Waals surface area contributed by atoms with Crippen molar-refractivity contribution in [2.75, 3.05) is 6.54 Å². The quantitative estimate of drug-likeness (QED) is 0.646. The summed E-state index contributed by atoms with van der Waals surface area (Å²) in [5.74, 6) is 5.46. The lowest BCUT2D eigenvalue weighted by Crippen LogP contribution is -2.65. The van der Waals surface area contributed by atoms with Gasteiger partial charge in [0.15, 0.2) is 6.04 Å². The number of rotatable bonds is 2. The largest absolute Gasteiger partial charge is 0.343 e. The van der Waals surface area contributed by atoms with Gasteiger partial charge in [0.1, 0.15) is 0 Å². The van der Waals surface area contributed by atoms with Gasteiger partial charge in [-0.2, -0.15) is 0 Å². The third-order valence-corrected chi connectivity index (χ3v) is 4.07. The Labute approximate surface area is 142 Å². The molecule has 2 amide bonds. The number of carbonyl (C=O) groups excluding carboxylic acids is 2. The Morgan fingerprint density at radius 2 is 1.57 bits per heavy atom. The summed E-state index contributed by atoms with van der Waals surface area (Å²) < 4.78 is 0.986. The maximum Gasteiger partial charge on any atom is 0.261 e. The van der Waals surface area contributed by atoms with Crippen molar-refractivity contribution in [3.63, 3.8) is 0 Å². The topological polar surface area (TPSA) is 65.0 Å². The van der Waals surface area contributed by atoms with E-state index in [1.807, 2.05) is 24.3 Å². The molecule has 0 saturated heterocycles. The third-order valence-electron chi connectivity index (χ3n) is 3.55. The van der Waals surface area contributed by atoms with E-state index in [0.717, 1.165) is 10.0 Å². The molecule has 0 aliphatic carbocycles. The van der Waals surface area contributed by atoms with Gasteiger partial charge in [-0.3, -0.25) is 14.5 Å². The van der Waals surface area contributed by atoms with Gasteiger partial charge >= 0.3 is 0 Å². The number of nitrogens with zero attached hydrogens (tertiary/aromatic N) is 1. The number of hydrogen-bond donors (Lipinski definition) is 1. The fourth-order valence-electron chi connectivity index (χ4n) is 2.39. The normalized spacial score (nSPS) is 14.3. The zero-order chi connectivity index (χ0) is 16.4. The molecular formula is C18H14BrN2O2+. The average Bonchev–Trinajstić information content (AvgIpc) is 2.80. The van der Waals surface area contributed by atoms with Crippen molar-refractivity contribution >= 4 is 27.7 Å². The standard InChI is InChI=1S/C18H13BrN2O2/c19-13-8-5-12(6-9-13)7-10-14(20)11-21-17(22)15-3-1-2-4-16(15)18(21)23/h1-6,8-9,14H,11,20H2/p+1/t14-/m0/s1. The van der Waals surface area contributed by atoms with Gasteiger partial charge in [0.05, 0.1) is 17.7 Å². The van der Waals surface area contributed by atoms with Crippen molar-refractivity contribution in [3.8, 4) is 11.8 Å². The number of imide groups is 1. The maximum absolute atomic E-state index is 12.3. The van der Waals surface area contributed by atoms with Crippen LogP contribution in [-0.4, -0.2) is 29.3 Å². The van der Waals surface area contributed by atoms with Gasteiger partial charge in [-0.1, -0.05) is 34.0 Å². The van der Waals surface area contributed by atoms with E-state index in [1.165, 1.54) is 4.90 Å². The molecule has 23 heavy (non-hydrogen) atoms. The molecule has 2 aromatic carbocycles. The maximum atomic E-state index is 12.3. The van der Waals surface area contributed by atoms with Crippen LogP contribution in [0.25, 0.3) is 0 Å². The lowest BCUT2D eigenvalue weighted by Gasteiger charge is -2.13. The van der Waals surface area contributed by atoms with E-state index in [1.54, 1.807) is 24.3 Å². The molecule has 0 radical (unpaired) electrons. The molecule has 0 saturated carbocycles. The first-order chi connectivity index (χ1) is 11.1. The Morgan fingerprint density at radius 1 is 1.00 bits per heavy atom. The molecule has 1 atom stereocenters. The van der Waals surface area contributed by atoms with E-state index in [9.17, 15) is 9.59 Å². The van der Waals surface area contributed by atoms with Crippen LogP contribution < -0.4 is 5.73 Å². The van der Waals surface area contributed by atoms with Crippen LogP contribution in [0.3, 0.4) is 0 Å². The number of hydrogen-bond acceptors (Lipinski definition) is 2. The number of halogens is 1. The summed E-state index contributed by atoms with van der Waals surface area (Å²) in [5, 5.41) is 0. The predicted octanol–water partition coefficient (Wildman–Crippen LogP) is 1.71. The molecule has 1 aliphatic rings. The summed E-state index contributed by atoms with van der Waals surface area (Å²) in [7, 11) is 0. The zero-order valence-corrected chi connectivity index (χ0v) is 13.8. The van der Waals surface area contributed by atoms with Crippen molar-refractivity contribution in [2.24, 2.45) is 0 Å². The van der Waals surface area contributed by atoms with Gasteiger partial charge in [-0.05, 0) is 42.3 Å². The summed E-state index contributed by atoms with van der Waals surface area (Å²) in [6.45, 7) is 0.190. The van der Waals surface area contributed by atoms with E-state index < -0.39 is 0 Å². The van der Waals surface area contributed by atoms with Crippen molar-refractivity contribution < 1.29 is 15.3 Å². The molecule has 0 aromatic heterocycles. The Kier molecular flexibility index (Phi) is 4.28. The Balaban J connectivity index is 1.72. The molecule has 3 N–H and O–H groups in total. The van der Waals surface area contributed by atoms with Crippen LogP contribution in [0, 0.1) is 11.8 Å². The molecule has 3 rings (SSSR count). The minimum absolute atomic E-state index is 0.190. The van der Waals surface area contributed by atoms with E-state index >= 15 is 0 Å². The van der Waals surface area contributed by atoms with Gasteiger partial charge in [-0.25, -0.2) is 0 Å². The van der Waals surface area contributed by atoms with Crippen LogP contribution in [0.5, 0.6) is 0 Å². The minimum Gasteiger partial charge on any atom is -0.343 e. The molecule has 0 spiro atoms. The lowest BCUT2D eigenvalue weighted by atomic mass is 10.1. The highest BCUT2D eigenvalue weighted by Gasteiger charge is 2.36. The monoisotopic (exact) mass is 369 g/mol. The van der Waals surface area contributed by atoms with Gasteiger partial charge in [-0.15, -0.1) is 0 Å². The Morgan fingerprint density at radius 3 is 2.13 bits per heavy atom. The van der Waals surface area contributed by atoms with E-state index in [2.05, 4.69) is 33.5 Å². The summed E-state index contributed by atoms with van der Waals surface area (Å²) >= 11 is 3.37. The van der Waals surface area contributed by atoms with E-state index in [4.69, 9.17) is 0 Å². The average molecular weight is 370 g/mol. The SMILES string of the molecule is [NH3+][C@@H](C#Cc1ccc(Br)cc1)CN1C(=O)c2ccccc2C1=O. The molecule has 114 valence electrons. The summed E-state index contributed by atoms with van der Waals surface area (Å²) in [6.07, 6.45) is 0. The van der Waals surface area contributed by atoms with Gasteiger partial charge in [0, 0.05) is 10.0 Å². The molecule has 4 nitrogen and oxygen atoms in total. The molecule has 0 bridgehead atoms. The predicted molar refractivity (Wildman–Crippen MR) is 89.5 cm³/mol. The number of carbonyl (C=O) groups is 2. The van der Waals surface area contributed by atoms with Crippen molar-refractivity contribution in [1.29, 1.82) is 0 Å². The minimum atomic E-state index is -0.346. The fraction of sp³-hybridized carbons (Fsp3) is 0.111. The van der Waals surface area contributed by atoms with E-state index in [-0.39, 0.29) is 24.4 Å². The first kappa shape index (κ1) is 15.5. The van der Waals surface area contributed by atoms with Crippen LogP contribution in [0.15, 0.2) is 53.0 Å². The highest BCUT2D eigenvalue weighted by molar-refractivity contribution is 9.10.